The molecule has 1 N–H and O–H groups in total. The number of fused-ring (bicyclic) bond motifs is 3. The predicted octanol–water partition coefficient (Wildman–Crippen LogP) is 2.97. The smallest absolute Gasteiger partial charge is 0.265 e. The SMILES string of the molecule is Cc1cccc(-n2ncc3c(=O)n4c(nc32)SCC4CC(=O)NCc2ccc3c(c2)OCO3)c1. The molecular formula is C24H21N5O4S. The third kappa shape index (κ3) is 3.60. The third-order valence-electron chi connectivity index (χ3n) is 5.96. The summed E-state index contributed by atoms with van der Waals surface area (Å²) in [7, 11) is 0. The first-order chi connectivity index (χ1) is 16.6. The van der Waals surface area contributed by atoms with E-state index in [1.807, 2.05) is 49.4 Å². The highest BCUT2D eigenvalue weighted by atomic mass is 32.2. The molecular weight excluding hydrogens is 454 g/mol. The van der Waals surface area contributed by atoms with Gasteiger partial charge in [0.15, 0.2) is 22.3 Å². The summed E-state index contributed by atoms with van der Waals surface area (Å²) in [5.74, 6) is 1.88. The topological polar surface area (TPSA) is 100 Å². The minimum Gasteiger partial charge on any atom is -0.454 e. The Kier molecular flexibility index (Phi) is 5.02. The van der Waals surface area contributed by atoms with Crippen molar-refractivity contribution >= 4 is 28.7 Å². The van der Waals surface area contributed by atoms with Crippen LogP contribution in [0.1, 0.15) is 23.6 Å². The normalized spacial score (nSPS) is 16.1. The summed E-state index contributed by atoms with van der Waals surface area (Å²) < 4.78 is 14.0. The fraction of sp³-hybridized carbons (Fsp3) is 0.250. The number of nitrogens with one attached hydrogen (secondary N) is 1. The number of benzene rings is 2. The van der Waals surface area contributed by atoms with Gasteiger partial charge in [0.2, 0.25) is 12.7 Å². The van der Waals surface area contributed by atoms with Crippen molar-refractivity contribution in [1.82, 2.24) is 24.6 Å². The van der Waals surface area contributed by atoms with Gasteiger partial charge in [-0.2, -0.15) is 5.10 Å². The van der Waals surface area contributed by atoms with E-state index in [4.69, 9.17) is 14.5 Å². The van der Waals surface area contributed by atoms with Crippen LogP contribution in [-0.4, -0.2) is 37.8 Å². The molecule has 6 rings (SSSR count). The van der Waals surface area contributed by atoms with Crippen molar-refractivity contribution in [2.45, 2.75) is 31.1 Å². The molecule has 4 aromatic rings. The molecule has 2 aliphatic rings. The Labute approximate surface area is 198 Å². The van der Waals surface area contributed by atoms with Crippen LogP contribution in [0.15, 0.2) is 58.6 Å². The third-order valence-corrected chi connectivity index (χ3v) is 7.06. The largest absolute Gasteiger partial charge is 0.454 e. The average Bonchev–Trinajstić information content (AvgIpc) is 3.56. The quantitative estimate of drug-likeness (QED) is 0.443. The standard InChI is InChI=1S/C24H21N5O4S/c1-14-3-2-4-16(7-14)29-22-18(11-26-29)23(31)28-17(12-34-24(28)27-22)9-21(30)25-10-15-5-6-19-20(8-15)33-13-32-19/h2-8,11,17H,9-10,12-13H2,1H3,(H,25,30). The van der Waals surface area contributed by atoms with E-state index in [0.717, 1.165) is 16.8 Å². The molecule has 0 radical (unpaired) electrons. The van der Waals surface area contributed by atoms with Crippen molar-refractivity contribution in [3.05, 3.63) is 70.1 Å². The highest BCUT2D eigenvalue weighted by Gasteiger charge is 2.29. The van der Waals surface area contributed by atoms with Crippen LogP contribution in [0.4, 0.5) is 0 Å². The Bertz CT molecular complexity index is 1490. The van der Waals surface area contributed by atoms with Crippen LogP contribution in [0.2, 0.25) is 0 Å². The summed E-state index contributed by atoms with van der Waals surface area (Å²) in [6.07, 6.45) is 1.75. The first-order valence-corrected chi connectivity index (χ1v) is 11.9. The Morgan fingerprint density at radius 1 is 1.21 bits per heavy atom. The van der Waals surface area contributed by atoms with Crippen molar-refractivity contribution in [2.24, 2.45) is 0 Å². The van der Waals surface area contributed by atoms with Gasteiger partial charge in [-0.3, -0.25) is 14.2 Å². The van der Waals surface area contributed by atoms with Gasteiger partial charge in [0, 0.05) is 18.7 Å². The molecule has 1 amide bonds. The Hall–Kier alpha value is -3.79. The van der Waals surface area contributed by atoms with Gasteiger partial charge in [-0.05, 0) is 42.3 Å². The molecule has 1 unspecified atom stereocenters. The highest BCUT2D eigenvalue weighted by Crippen LogP contribution is 2.34. The molecule has 1 atom stereocenters. The molecule has 0 spiro atoms. The van der Waals surface area contributed by atoms with Crippen LogP contribution in [-0.2, 0) is 11.3 Å². The number of ether oxygens (including phenoxy) is 2. The monoisotopic (exact) mass is 475 g/mol. The zero-order valence-electron chi connectivity index (χ0n) is 18.4. The molecule has 9 nitrogen and oxygen atoms in total. The van der Waals surface area contributed by atoms with E-state index in [9.17, 15) is 9.59 Å². The molecule has 4 heterocycles. The molecule has 172 valence electrons. The van der Waals surface area contributed by atoms with Gasteiger partial charge in [-0.1, -0.05) is 30.0 Å². The lowest BCUT2D eigenvalue weighted by Gasteiger charge is -2.13. The van der Waals surface area contributed by atoms with E-state index < -0.39 is 0 Å². The lowest BCUT2D eigenvalue weighted by molar-refractivity contribution is -0.121. The minimum atomic E-state index is -0.261. The number of aryl methyl sites for hydroxylation is 1. The number of hydrogen-bond acceptors (Lipinski definition) is 7. The zero-order valence-corrected chi connectivity index (χ0v) is 19.2. The summed E-state index contributed by atoms with van der Waals surface area (Å²) in [5.41, 5.74) is 3.23. The van der Waals surface area contributed by atoms with E-state index in [1.165, 1.54) is 11.8 Å². The second kappa shape index (κ2) is 8.21. The molecule has 0 bridgehead atoms. The first-order valence-electron chi connectivity index (χ1n) is 10.9. The fourth-order valence-corrected chi connectivity index (χ4v) is 5.40. The number of aromatic nitrogens is 4. The highest BCUT2D eigenvalue weighted by molar-refractivity contribution is 7.99. The predicted molar refractivity (Wildman–Crippen MR) is 127 cm³/mol. The summed E-state index contributed by atoms with van der Waals surface area (Å²) >= 11 is 1.49. The van der Waals surface area contributed by atoms with Gasteiger partial charge in [-0.25, -0.2) is 9.67 Å². The summed E-state index contributed by atoms with van der Waals surface area (Å²) in [6, 6.07) is 13.2. The second-order valence-corrected chi connectivity index (χ2v) is 9.32. The average molecular weight is 476 g/mol. The van der Waals surface area contributed by atoms with Crippen molar-refractivity contribution in [2.75, 3.05) is 12.5 Å². The molecule has 2 aromatic heterocycles. The Morgan fingerprint density at radius 2 is 2.09 bits per heavy atom. The van der Waals surface area contributed by atoms with E-state index in [2.05, 4.69) is 10.4 Å². The number of amides is 1. The number of thioether (sulfide) groups is 1. The van der Waals surface area contributed by atoms with Gasteiger partial charge < -0.3 is 14.8 Å². The van der Waals surface area contributed by atoms with Crippen molar-refractivity contribution in [3.63, 3.8) is 0 Å². The van der Waals surface area contributed by atoms with Crippen LogP contribution in [0.25, 0.3) is 16.7 Å². The maximum atomic E-state index is 13.3. The second-order valence-electron chi connectivity index (χ2n) is 8.34. The molecule has 2 aliphatic heterocycles. The molecule has 0 aliphatic carbocycles. The maximum Gasteiger partial charge on any atom is 0.265 e. The number of carbonyl (C=O) groups is 1. The summed E-state index contributed by atoms with van der Waals surface area (Å²) in [5, 5.41) is 8.41. The Morgan fingerprint density at radius 3 is 2.97 bits per heavy atom. The van der Waals surface area contributed by atoms with Crippen molar-refractivity contribution in [3.8, 4) is 17.2 Å². The molecule has 0 saturated heterocycles. The first kappa shape index (κ1) is 20.8. The van der Waals surface area contributed by atoms with Gasteiger partial charge in [0.1, 0.15) is 5.39 Å². The van der Waals surface area contributed by atoms with Crippen LogP contribution < -0.4 is 20.3 Å². The van der Waals surface area contributed by atoms with E-state index >= 15 is 0 Å². The maximum absolute atomic E-state index is 13.3. The van der Waals surface area contributed by atoms with E-state index in [0.29, 0.717) is 40.0 Å². The van der Waals surface area contributed by atoms with Crippen molar-refractivity contribution in [1.29, 1.82) is 0 Å². The van der Waals surface area contributed by atoms with Gasteiger partial charge in [0.25, 0.3) is 5.56 Å². The number of carbonyl (C=O) groups excluding carboxylic acids is 1. The summed E-state index contributed by atoms with van der Waals surface area (Å²) in [6.45, 7) is 2.59. The van der Waals surface area contributed by atoms with E-state index in [-0.39, 0.29) is 30.7 Å². The van der Waals surface area contributed by atoms with Gasteiger partial charge in [0.05, 0.1) is 17.9 Å². The van der Waals surface area contributed by atoms with Gasteiger partial charge in [-0.15, -0.1) is 0 Å². The molecule has 34 heavy (non-hydrogen) atoms. The zero-order chi connectivity index (χ0) is 23.2. The molecule has 2 aromatic carbocycles. The minimum absolute atomic E-state index is 0.126. The lowest BCUT2D eigenvalue weighted by atomic mass is 10.2. The van der Waals surface area contributed by atoms with Crippen LogP contribution in [0.3, 0.4) is 0 Å². The van der Waals surface area contributed by atoms with Gasteiger partial charge >= 0.3 is 0 Å². The van der Waals surface area contributed by atoms with E-state index in [1.54, 1.807) is 15.4 Å². The molecule has 0 fully saturated rings. The van der Waals surface area contributed by atoms with Crippen LogP contribution in [0, 0.1) is 6.92 Å². The molecule has 10 heteroatoms. The van der Waals surface area contributed by atoms with Crippen LogP contribution in [0.5, 0.6) is 11.5 Å². The number of hydrogen-bond donors (Lipinski definition) is 1. The number of nitrogens with zero attached hydrogens (tertiary/aromatic N) is 4. The fourth-order valence-electron chi connectivity index (χ4n) is 4.27. The molecule has 0 saturated carbocycles. The number of rotatable bonds is 5. The van der Waals surface area contributed by atoms with Crippen molar-refractivity contribution < 1.29 is 14.3 Å². The summed E-state index contributed by atoms with van der Waals surface area (Å²) in [4.78, 5) is 30.7. The van der Waals surface area contributed by atoms with Crippen LogP contribution >= 0.6 is 11.8 Å². The lowest BCUT2D eigenvalue weighted by Crippen LogP contribution is -2.30. The Balaban J connectivity index is 1.21.